The highest BCUT2D eigenvalue weighted by Crippen LogP contribution is 2.08. The molecule has 0 fully saturated rings. The summed E-state index contributed by atoms with van der Waals surface area (Å²) >= 11 is 5.34. The van der Waals surface area contributed by atoms with Crippen molar-refractivity contribution >= 4 is 17.3 Å². The Bertz CT molecular complexity index is 231. The van der Waals surface area contributed by atoms with Crippen molar-refractivity contribution in [3.05, 3.63) is 0 Å². The molecule has 2 nitrogen and oxygen atoms in total. The third-order valence-electron chi connectivity index (χ3n) is 3.93. The van der Waals surface area contributed by atoms with Crippen molar-refractivity contribution in [1.82, 2.24) is 10.6 Å². The van der Waals surface area contributed by atoms with Crippen molar-refractivity contribution in [3.63, 3.8) is 0 Å². The summed E-state index contributed by atoms with van der Waals surface area (Å²) in [5.74, 6) is 0. The summed E-state index contributed by atoms with van der Waals surface area (Å²) < 4.78 is 0. The third-order valence-corrected chi connectivity index (χ3v) is 4.20. The smallest absolute Gasteiger partial charge is 0.166 e. The molecular weight excluding hydrogens is 276 g/mol. The van der Waals surface area contributed by atoms with E-state index in [4.69, 9.17) is 12.2 Å². The van der Waals surface area contributed by atoms with Gasteiger partial charge in [-0.2, -0.15) is 0 Å². The Kier molecular flexibility index (Phi) is 15.8. The minimum absolute atomic E-state index is 0.495. The lowest BCUT2D eigenvalue weighted by Gasteiger charge is -2.16. The minimum Gasteiger partial charge on any atom is -0.363 e. The first kappa shape index (κ1) is 20.7. The molecule has 0 amide bonds. The Morgan fingerprint density at radius 1 is 0.810 bits per heavy atom. The average molecular weight is 315 g/mol. The van der Waals surface area contributed by atoms with Crippen LogP contribution in [0.5, 0.6) is 0 Å². The molecule has 3 heteroatoms. The summed E-state index contributed by atoms with van der Waals surface area (Å²) in [5.41, 5.74) is 0. The zero-order chi connectivity index (χ0) is 15.8. The molecule has 126 valence electrons. The molecule has 0 aromatic carbocycles. The topological polar surface area (TPSA) is 24.1 Å². The van der Waals surface area contributed by atoms with Gasteiger partial charge in [0.15, 0.2) is 5.11 Å². The molecule has 0 aliphatic rings. The van der Waals surface area contributed by atoms with E-state index in [1.165, 1.54) is 77.0 Å². The molecule has 0 heterocycles. The zero-order valence-electron chi connectivity index (χ0n) is 14.7. The van der Waals surface area contributed by atoms with Crippen molar-refractivity contribution in [3.8, 4) is 0 Å². The van der Waals surface area contributed by atoms with E-state index in [0.29, 0.717) is 6.04 Å². The van der Waals surface area contributed by atoms with Gasteiger partial charge in [0.05, 0.1) is 0 Å². The number of hydrogen-bond acceptors (Lipinski definition) is 1. The van der Waals surface area contributed by atoms with Crippen LogP contribution in [0.4, 0.5) is 0 Å². The fourth-order valence-corrected chi connectivity index (χ4v) is 2.81. The van der Waals surface area contributed by atoms with Crippen molar-refractivity contribution < 1.29 is 0 Å². The molecule has 0 rings (SSSR count). The molecule has 0 spiro atoms. The third kappa shape index (κ3) is 15.9. The Morgan fingerprint density at radius 2 is 1.33 bits per heavy atom. The lowest BCUT2D eigenvalue weighted by atomic mass is 10.1. The van der Waals surface area contributed by atoms with Gasteiger partial charge in [-0.1, -0.05) is 78.1 Å². The van der Waals surface area contributed by atoms with Crippen LogP contribution in [0.2, 0.25) is 0 Å². The molecule has 0 saturated carbocycles. The summed E-state index contributed by atoms with van der Waals surface area (Å²) in [6.45, 7) is 7.75. The summed E-state index contributed by atoms with van der Waals surface area (Å²) in [7, 11) is 0. The van der Waals surface area contributed by atoms with E-state index in [-0.39, 0.29) is 0 Å². The number of nitrogens with one attached hydrogen (secondary N) is 2. The highest BCUT2D eigenvalue weighted by molar-refractivity contribution is 7.80. The first-order valence-electron chi connectivity index (χ1n) is 9.25. The predicted molar refractivity (Wildman–Crippen MR) is 100.0 cm³/mol. The Labute approximate surface area is 138 Å². The zero-order valence-corrected chi connectivity index (χ0v) is 15.5. The second-order valence-electron chi connectivity index (χ2n) is 6.27. The van der Waals surface area contributed by atoms with E-state index < -0.39 is 0 Å². The quantitative estimate of drug-likeness (QED) is 0.324. The van der Waals surface area contributed by atoms with Gasteiger partial charge in [0.25, 0.3) is 0 Å². The van der Waals surface area contributed by atoms with Crippen LogP contribution in [0, 0.1) is 0 Å². The van der Waals surface area contributed by atoms with Crippen LogP contribution in [-0.4, -0.2) is 17.7 Å². The van der Waals surface area contributed by atoms with Gasteiger partial charge in [0.2, 0.25) is 0 Å². The van der Waals surface area contributed by atoms with Crippen LogP contribution in [-0.2, 0) is 0 Å². The monoisotopic (exact) mass is 314 g/mol. The molecule has 0 aliphatic heterocycles. The second-order valence-corrected chi connectivity index (χ2v) is 6.68. The minimum atomic E-state index is 0.495. The normalized spacial score (nSPS) is 12.1. The van der Waals surface area contributed by atoms with Crippen LogP contribution < -0.4 is 10.6 Å². The first-order valence-corrected chi connectivity index (χ1v) is 9.65. The maximum absolute atomic E-state index is 5.34. The Hall–Kier alpha value is -0.310. The predicted octanol–water partition coefficient (Wildman–Crippen LogP) is 5.56. The number of hydrogen-bond donors (Lipinski definition) is 2. The van der Waals surface area contributed by atoms with Crippen LogP contribution in [0.15, 0.2) is 0 Å². The lowest BCUT2D eigenvalue weighted by molar-refractivity contribution is 0.546. The molecule has 0 bridgehead atoms. The van der Waals surface area contributed by atoms with Crippen molar-refractivity contribution in [2.75, 3.05) is 6.54 Å². The fourth-order valence-electron chi connectivity index (χ4n) is 2.51. The molecular formula is C18H38N2S. The van der Waals surface area contributed by atoms with Crippen LogP contribution in [0.25, 0.3) is 0 Å². The van der Waals surface area contributed by atoms with Gasteiger partial charge in [-0.3, -0.25) is 0 Å². The highest BCUT2D eigenvalue weighted by atomic mass is 32.1. The number of unbranched alkanes of at least 4 members (excludes halogenated alkanes) is 9. The van der Waals surface area contributed by atoms with Crippen molar-refractivity contribution in [1.29, 1.82) is 0 Å². The molecule has 0 aliphatic carbocycles. The molecule has 2 N–H and O–H groups in total. The van der Waals surface area contributed by atoms with Crippen molar-refractivity contribution in [2.45, 2.75) is 104 Å². The molecule has 1 atom stereocenters. The summed E-state index contributed by atoms with van der Waals surface area (Å²) in [6, 6.07) is 0.495. The molecule has 0 aromatic heterocycles. The molecule has 0 aromatic rings. The second kappa shape index (κ2) is 16.1. The number of thiocarbonyl (C=S) groups is 1. The Morgan fingerprint density at radius 3 is 1.95 bits per heavy atom. The van der Waals surface area contributed by atoms with E-state index in [9.17, 15) is 0 Å². The fraction of sp³-hybridized carbons (Fsp3) is 0.944. The van der Waals surface area contributed by atoms with Gasteiger partial charge in [-0.25, -0.2) is 0 Å². The first-order chi connectivity index (χ1) is 10.2. The lowest BCUT2D eigenvalue weighted by Crippen LogP contribution is -2.40. The highest BCUT2D eigenvalue weighted by Gasteiger charge is 2.03. The summed E-state index contributed by atoms with van der Waals surface area (Å²) in [5, 5.41) is 7.55. The van der Waals surface area contributed by atoms with Gasteiger partial charge in [-0.15, -0.1) is 0 Å². The van der Waals surface area contributed by atoms with E-state index in [1.54, 1.807) is 0 Å². The average Bonchev–Trinajstić information content (AvgIpc) is 2.45. The van der Waals surface area contributed by atoms with Crippen LogP contribution in [0.3, 0.4) is 0 Å². The number of rotatable bonds is 14. The Balaban J connectivity index is 3.29. The largest absolute Gasteiger partial charge is 0.363 e. The van der Waals surface area contributed by atoms with Gasteiger partial charge in [0.1, 0.15) is 0 Å². The molecule has 0 radical (unpaired) electrons. The van der Waals surface area contributed by atoms with Crippen LogP contribution >= 0.6 is 12.2 Å². The SMILES string of the molecule is CCCCCCCCCCNC(=S)NC(C)CCCCC. The molecule has 1 unspecified atom stereocenters. The summed E-state index contributed by atoms with van der Waals surface area (Å²) in [4.78, 5) is 0. The van der Waals surface area contributed by atoms with Gasteiger partial charge in [0, 0.05) is 12.6 Å². The standard InChI is InChI=1S/C18H38N2S/c1-4-6-8-9-10-11-12-14-16-19-18(21)20-17(3)15-13-7-5-2/h17H,4-16H2,1-3H3,(H2,19,20,21). The van der Waals surface area contributed by atoms with Crippen LogP contribution in [0.1, 0.15) is 97.8 Å². The van der Waals surface area contributed by atoms with E-state index in [1.807, 2.05) is 0 Å². The maximum atomic E-state index is 5.34. The maximum Gasteiger partial charge on any atom is 0.166 e. The molecule has 21 heavy (non-hydrogen) atoms. The van der Waals surface area contributed by atoms with Crippen molar-refractivity contribution in [2.24, 2.45) is 0 Å². The molecule has 0 saturated heterocycles. The van der Waals surface area contributed by atoms with E-state index >= 15 is 0 Å². The van der Waals surface area contributed by atoms with Gasteiger partial charge < -0.3 is 10.6 Å². The van der Waals surface area contributed by atoms with Gasteiger partial charge in [-0.05, 0) is 32.0 Å². The van der Waals surface area contributed by atoms with Gasteiger partial charge >= 0.3 is 0 Å². The summed E-state index contributed by atoms with van der Waals surface area (Å²) in [6.07, 6.45) is 16.0. The van der Waals surface area contributed by atoms with E-state index in [2.05, 4.69) is 31.4 Å². The van der Waals surface area contributed by atoms with E-state index in [0.717, 1.165) is 11.7 Å².